The third-order valence-electron chi connectivity index (χ3n) is 3.39. The minimum absolute atomic E-state index is 0.0780. The van der Waals surface area contributed by atoms with Crippen molar-refractivity contribution in [1.82, 2.24) is 10.1 Å². The first-order valence-corrected chi connectivity index (χ1v) is 6.86. The maximum absolute atomic E-state index is 13.7. The van der Waals surface area contributed by atoms with E-state index in [1.165, 1.54) is 17.0 Å². The first-order chi connectivity index (χ1) is 9.90. The van der Waals surface area contributed by atoms with Crippen molar-refractivity contribution in [3.8, 4) is 0 Å². The fraction of sp³-hybridized carbons (Fsp3) is 0.333. The van der Waals surface area contributed by atoms with Crippen LogP contribution >= 0.6 is 11.6 Å². The normalized spacial score (nSPS) is 10.7. The molecule has 2 rings (SSSR count). The quantitative estimate of drug-likeness (QED) is 0.870. The molecule has 1 heterocycles. The van der Waals surface area contributed by atoms with Crippen molar-refractivity contribution in [2.45, 2.75) is 26.8 Å². The summed E-state index contributed by atoms with van der Waals surface area (Å²) in [6.07, 6.45) is -0.0780. The average Bonchev–Trinajstić information content (AvgIpc) is 2.74. The number of rotatable bonds is 4. The van der Waals surface area contributed by atoms with Gasteiger partial charge in [-0.2, -0.15) is 0 Å². The van der Waals surface area contributed by atoms with E-state index in [0.717, 1.165) is 11.3 Å². The molecule has 0 radical (unpaired) electrons. The fourth-order valence-electron chi connectivity index (χ4n) is 2.04. The van der Waals surface area contributed by atoms with E-state index in [4.69, 9.17) is 16.1 Å². The Bertz CT molecular complexity index is 630. The van der Waals surface area contributed by atoms with E-state index in [2.05, 4.69) is 5.16 Å². The lowest BCUT2D eigenvalue weighted by Gasteiger charge is -2.17. The molecular weight excluding hydrogens is 295 g/mol. The lowest BCUT2D eigenvalue weighted by molar-refractivity contribution is -0.129. The predicted molar refractivity (Wildman–Crippen MR) is 77.6 cm³/mol. The first-order valence-electron chi connectivity index (χ1n) is 6.48. The van der Waals surface area contributed by atoms with E-state index in [9.17, 15) is 9.18 Å². The number of carbonyl (C=O) groups excluding carboxylic acids is 1. The molecule has 0 aliphatic heterocycles. The minimum atomic E-state index is -0.471. The number of likely N-dealkylation sites (N-methyl/N-ethyl adjacent to an activating group) is 1. The Morgan fingerprint density at radius 3 is 2.67 bits per heavy atom. The molecule has 1 aromatic heterocycles. The molecule has 0 atom stereocenters. The summed E-state index contributed by atoms with van der Waals surface area (Å²) in [7, 11) is 1.66. The van der Waals surface area contributed by atoms with Crippen LogP contribution in [-0.2, 0) is 17.8 Å². The summed E-state index contributed by atoms with van der Waals surface area (Å²) in [6.45, 7) is 3.98. The monoisotopic (exact) mass is 310 g/mol. The van der Waals surface area contributed by atoms with Crippen molar-refractivity contribution in [3.63, 3.8) is 0 Å². The number of carbonyl (C=O) groups is 1. The van der Waals surface area contributed by atoms with Crippen molar-refractivity contribution in [3.05, 3.63) is 51.6 Å². The van der Waals surface area contributed by atoms with Gasteiger partial charge in [-0.25, -0.2) is 4.39 Å². The van der Waals surface area contributed by atoms with Gasteiger partial charge in [0.1, 0.15) is 11.6 Å². The highest BCUT2D eigenvalue weighted by Gasteiger charge is 2.18. The zero-order chi connectivity index (χ0) is 15.6. The van der Waals surface area contributed by atoms with Crippen LogP contribution in [0.25, 0.3) is 0 Å². The second-order valence-corrected chi connectivity index (χ2v) is 5.34. The molecule has 0 spiro atoms. The van der Waals surface area contributed by atoms with Gasteiger partial charge in [-0.3, -0.25) is 4.79 Å². The van der Waals surface area contributed by atoms with Crippen LogP contribution in [0.1, 0.15) is 22.6 Å². The highest BCUT2D eigenvalue weighted by Crippen LogP contribution is 2.21. The van der Waals surface area contributed by atoms with Gasteiger partial charge in [0, 0.05) is 23.2 Å². The van der Waals surface area contributed by atoms with Crippen LogP contribution in [0.15, 0.2) is 22.7 Å². The number of nitrogens with zero attached hydrogens (tertiary/aromatic N) is 2. The van der Waals surface area contributed by atoms with Crippen molar-refractivity contribution in [2.75, 3.05) is 7.05 Å². The van der Waals surface area contributed by atoms with Gasteiger partial charge in [0.15, 0.2) is 0 Å². The number of aromatic nitrogens is 1. The molecule has 2 aromatic rings. The average molecular weight is 311 g/mol. The first kappa shape index (κ1) is 15.5. The predicted octanol–water partition coefficient (Wildman–Crippen LogP) is 3.29. The summed E-state index contributed by atoms with van der Waals surface area (Å²) >= 11 is 5.94. The van der Waals surface area contributed by atoms with Crippen LogP contribution < -0.4 is 0 Å². The summed E-state index contributed by atoms with van der Waals surface area (Å²) < 4.78 is 18.8. The van der Waals surface area contributed by atoms with E-state index in [0.29, 0.717) is 12.3 Å². The molecule has 1 amide bonds. The molecule has 0 bridgehead atoms. The summed E-state index contributed by atoms with van der Waals surface area (Å²) in [5.41, 5.74) is 1.83. The Hall–Kier alpha value is -1.88. The van der Waals surface area contributed by atoms with Crippen LogP contribution in [0.2, 0.25) is 5.02 Å². The van der Waals surface area contributed by atoms with Gasteiger partial charge in [-0.1, -0.05) is 22.8 Å². The molecular formula is C15H16ClFN2O2. The Morgan fingerprint density at radius 1 is 1.38 bits per heavy atom. The second-order valence-electron chi connectivity index (χ2n) is 4.93. The van der Waals surface area contributed by atoms with Gasteiger partial charge in [-0.15, -0.1) is 0 Å². The van der Waals surface area contributed by atoms with E-state index in [1.807, 2.05) is 6.92 Å². The van der Waals surface area contributed by atoms with E-state index >= 15 is 0 Å². The van der Waals surface area contributed by atoms with Gasteiger partial charge in [0.25, 0.3) is 0 Å². The fourth-order valence-corrected chi connectivity index (χ4v) is 2.27. The molecule has 0 N–H and O–H groups in total. The third-order valence-corrected chi connectivity index (χ3v) is 3.75. The van der Waals surface area contributed by atoms with Crippen LogP contribution in [0.5, 0.6) is 0 Å². The molecule has 0 saturated carbocycles. The summed E-state index contributed by atoms with van der Waals surface area (Å²) in [6, 6.07) is 4.38. The van der Waals surface area contributed by atoms with Crippen LogP contribution in [0.3, 0.4) is 0 Å². The topological polar surface area (TPSA) is 46.3 Å². The molecule has 4 nitrogen and oxygen atoms in total. The highest BCUT2D eigenvalue weighted by molar-refractivity contribution is 6.31. The van der Waals surface area contributed by atoms with Gasteiger partial charge >= 0.3 is 0 Å². The number of hydrogen-bond acceptors (Lipinski definition) is 3. The van der Waals surface area contributed by atoms with E-state index in [-0.39, 0.29) is 22.9 Å². The number of amides is 1. The lowest BCUT2D eigenvalue weighted by Crippen LogP contribution is -2.28. The maximum atomic E-state index is 13.7. The number of hydrogen-bond donors (Lipinski definition) is 0. The molecule has 1 aromatic carbocycles. The zero-order valence-electron chi connectivity index (χ0n) is 12.1. The summed E-state index contributed by atoms with van der Waals surface area (Å²) in [4.78, 5) is 13.7. The molecule has 0 saturated heterocycles. The Morgan fingerprint density at radius 2 is 2.10 bits per heavy atom. The molecule has 0 aliphatic rings. The standard InChI is InChI=1S/C15H16ClFN2O2/c1-9-12(10(2)21-18-9)8-19(3)15(20)7-11-13(16)5-4-6-14(11)17/h4-6H,7-8H2,1-3H3. The lowest BCUT2D eigenvalue weighted by atomic mass is 10.1. The highest BCUT2D eigenvalue weighted by atomic mass is 35.5. The van der Waals surface area contributed by atoms with Crippen molar-refractivity contribution in [2.24, 2.45) is 0 Å². The number of halogens is 2. The number of benzene rings is 1. The molecule has 0 unspecified atom stereocenters. The van der Waals surface area contributed by atoms with Gasteiger partial charge in [0.05, 0.1) is 18.7 Å². The minimum Gasteiger partial charge on any atom is -0.361 e. The van der Waals surface area contributed by atoms with Crippen molar-refractivity contribution >= 4 is 17.5 Å². The second kappa shape index (κ2) is 6.26. The SMILES string of the molecule is Cc1noc(C)c1CN(C)C(=O)Cc1c(F)cccc1Cl. The van der Waals surface area contributed by atoms with Crippen LogP contribution in [0.4, 0.5) is 4.39 Å². The molecule has 0 fully saturated rings. The van der Waals surface area contributed by atoms with Gasteiger partial charge in [0.2, 0.25) is 5.91 Å². The van der Waals surface area contributed by atoms with Crippen molar-refractivity contribution < 1.29 is 13.7 Å². The smallest absolute Gasteiger partial charge is 0.227 e. The van der Waals surface area contributed by atoms with E-state index in [1.54, 1.807) is 20.0 Å². The molecule has 0 aliphatic carbocycles. The van der Waals surface area contributed by atoms with E-state index < -0.39 is 5.82 Å². The van der Waals surface area contributed by atoms with Crippen LogP contribution in [-0.4, -0.2) is 23.0 Å². The van der Waals surface area contributed by atoms with Crippen LogP contribution in [0, 0.1) is 19.7 Å². The molecule has 21 heavy (non-hydrogen) atoms. The van der Waals surface area contributed by atoms with Gasteiger partial charge in [-0.05, 0) is 26.0 Å². The molecule has 6 heteroatoms. The Balaban J connectivity index is 2.10. The largest absolute Gasteiger partial charge is 0.361 e. The zero-order valence-corrected chi connectivity index (χ0v) is 12.9. The van der Waals surface area contributed by atoms with Gasteiger partial charge < -0.3 is 9.42 Å². The summed E-state index contributed by atoms with van der Waals surface area (Å²) in [5.74, 6) is -0.0142. The summed E-state index contributed by atoms with van der Waals surface area (Å²) in [5, 5.41) is 4.11. The Labute approximate surface area is 127 Å². The van der Waals surface area contributed by atoms with Crippen molar-refractivity contribution in [1.29, 1.82) is 0 Å². The number of aryl methyl sites for hydroxylation is 2. The third kappa shape index (κ3) is 3.42. The molecule has 112 valence electrons. The Kier molecular flexibility index (Phi) is 4.63. The maximum Gasteiger partial charge on any atom is 0.227 e.